The summed E-state index contributed by atoms with van der Waals surface area (Å²) in [6.07, 6.45) is -5.27. The van der Waals surface area contributed by atoms with E-state index in [1.54, 1.807) is 0 Å². The molecular weight excluding hydrogens is 417 g/mol. The molecule has 164 valence electrons. The van der Waals surface area contributed by atoms with Crippen molar-refractivity contribution in [2.24, 2.45) is 0 Å². The van der Waals surface area contributed by atoms with Gasteiger partial charge in [-0.15, -0.1) is 0 Å². The lowest BCUT2D eigenvalue weighted by atomic mass is 10.1. The number of aryl methyl sites for hydroxylation is 1. The van der Waals surface area contributed by atoms with E-state index in [0.29, 0.717) is 12.1 Å². The number of hydrogen-bond donors (Lipinski definition) is 0. The fourth-order valence-electron chi connectivity index (χ4n) is 2.54. The summed E-state index contributed by atoms with van der Waals surface area (Å²) in [5, 5.41) is 0. The summed E-state index contributed by atoms with van der Waals surface area (Å²) < 4.78 is 101. The maximum Gasteiger partial charge on any atom is 0.426 e. The second kappa shape index (κ2) is 9.86. The average molecular weight is 436 g/mol. The van der Waals surface area contributed by atoms with Gasteiger partial charge in [0.05, 0.1) is 17.9 Å². The third-order valence-electron chi connectivity index (χ3n) is 4.02. The van der Waals surface area contributed by atoms with Crippen LogP contribution in [-0.4, -0.2) is 6.18 Å². The Hall–Kier alpha value is -2.71. The molecule has 0 aliphatic rings. The lowest BCUT2D eigenvalue weighted by Crippen LogP contribution is -2.22. The molecule has 0 radical (unpaired) electrons. The molecule has 0 atom stereocenters. The topological polar surface area (TPSA) is 18.5 Å². The molecule has 2 rings (SSSR count). The Morgan fingerprint density at radius 3 is 2.03 bits per heavy atom. The Labute approximate surface area is 168 Å². The van der Waals surface area contributed by atoms with Crippen LogP contribution < -0.4 is 9.47 Å². The van der Waals surface area contributed by atoms with Gasteiger partial charge in [0.2, 0.25) is 0 Å². The molecular formula is C21H19F7O2. The number of alkyl halides is 5. The second-order valence-electron chi connectivity index (χ2n) is 6.45. The molecule has 0 aromatic heterocycles. The minimum absolute atomic E-state index is 0.0404. The number of hydrogen-bond acceptors (Lipinski definition) is 2. The van der Waals surface area contributed by atoms with Crippen LogP contribution in [0, 0.1) is 11.6 Å². The zero-order chi connectivity index (χ0) is 22.4. The van der Waals surface area contributed by atoms with E-state index in [9.17, 15) is 30.7 Å². The van der Waals surface area contributed by atoms with E-state index in [2.05, 4.69) is 9.47 Å². The van der Waals surface area contributed by atoms with Crippen LogP contribution >= 0.6 is 0 Å². The molecule has 0 aliphatic heterocycles. The van der Waals surface area contributed by atoms with Gasteiger partial charge in [0.1, 0.15) is 5.75 Å². The summed E-state index contributed by atoms with van der Waals surface area (Å²) >= 11 is 0. The van der Waals surface area contributed by atoms with Crippen molar-refractivity contribution in [3.63, 3.8) is 0 Å². The predicted octanol–water partition coefficient (Wildman–Crippen LogP) is 7.28. The molecule has 2 aromatic carbocycles. The standard InChI is InChI=1S/C21H19F7O2/c1-2-3-4-5-14-6-8-15(9-7-14)21(27,28)30-16-12-17(22)19(18(23)13-16)29-11-10-20(24,25)26/h6-13H,2-5H2,1H3/b11-10+. The molecule has 0 fully saturated rings. The third-order valence-corrected chi connectivity index (χ3v) is 4.02. The van der Waals surface area contributed by atoms with E-state index in [-0.39, 0.29) is 12.3 Å². The molecule has 2 nitrogen and oxygen atoms in total. The normalized spacial score (nSPS) is 12.4. The average Bonchev–Trinajstić information content (AvgIpc) is 2.63. The third kappa shape index (κ3) is 6.96. The molecule has 0 aliphatic carbocycles. The summed E-state index contributed by atoms with van der Waals surface area (Å²) in [7, 11) is 0. The van der Waals surface area contributed by atoms with Crippen molar-refractivity contribution in [2.45, 2.75) is 44.9 Å². The van der Waals surface area contributed by atoms with E-state index in [1.807, 2.05) is 6.92 Å². The molecule has 0 saturated carbocycles. The van der Waals surface area contributed by atoms with E-state index in [1.165, 1.54) is 12.1 Å². The Morgan fingerprint density at radius 2 is 1.50 bits per heavy atom. The monoisotopic (exact) mass is 436 g/mol. The van der Waals surface area contributed by atoms with Gasteiger partial charge in [-0.25, -0.2) is 8.78 Å². The molecule has 0 amide bonds. The number of halogens is 7. The van der Waals surface area contributed by atoms with Crippen molar-refractivity contribution in [3.05, 3.63) is 71.5 Å². The van der Waals surface area contributed by atoms with Crippen molar-refractivity contribution in [2.75, 3.05) is 0 Å². The highest BCUT2D eigenvalue weighted by Gasteiger charge is 2.35. The SMILES string of the molecule is CCCCCc1ccc(C(F)(F)Oc2cc(F)c(O/C=C/C(F)(F)F)c(F)c2)cc1. The maximum absolute atomic E-state index is 14.3. The number of unbranched alkanes of at least 4 members (excludes halogenated alkanes) is 2. The Kier molecular flexibility index (Phi) is 7.75. The number of rotatable bonds is 9. The predicted molar refractivity (Wildman–Crippen MR) is 96.4 cm³/mol. The summed E-state index contributed by atoms with van der Waals surface area (Å²) in [5.74, 6) is -5.03. The smallest absolute Gasteiger partial charge is 0.426 e. The van der Waals surface area contributed by atoms with Gasteiger partial charge >= 0.3 is 12.3 Å². The van der Waals surface area contributed by atoms with Gasteiger partial charge in [-0.2, -0.15) is 22.0 Å². The van der Waals surface area contributed by atoms with E-state index >= 15 is 0 Å². The van der Waals surface area contributed by atoms with Gasteiger partial charge in [-0.3, -0.25) is 0 Å². The highest BCUT2D eigenvalue weighted by molar-refractivity contribution is 5.36. The molecule has 30 heavy (non-hydrogen) atoms. The van der Waals surface area contributed by atoms with Crippen molar-refractivity contribution in [3.8, 4) is 11.5 Å². The first kappa shape index (κ1) is 23.6. The number of benzene rings is 2. The summed E-state index contributed by atoms with van der Waals surface area (Å²) in [6.45, 7) is 2.05. The fraction of sp³-hybridized carbons (Fsp3) is 0.333. The lowest BCUT2D eigenvalue weighted by Gasteiger charge is -2.19. The molecule has 2 aromatic rings. The van der Waals surface area contributed by atoms with Crippen molar-refractivity contribution < 1.29 is 40.2 Å². The van der Waals surface area contributed by atoms with Gasteiger partial charge in [-0.05, 0) is 30.5 Å². The van der Waals surface area contributed by atoms with E-state index < -0.39 is 41.0 Å². The van der Waals surface area contributed by atoms with Crippen LogP contribution in [0.5, 0.6) is 11.5 Å². The second-order valence-corrected chi connectivity index (χ2v) is 6.45. The molecule has 0 heterocycles. The van der Waals surface area contributed by atoms with Crippen molar-refractivity contribution >= 4 is 0 Å². The Morgan fingerprint density at radius 1 is 0.900 bits per heavy atom. The zero-order valence-electron chi connectivity index (χ0n) is 15.9. The quantitative estimate of drug-likeness (QED) is 0.234. The lowest BCUT2D eigenvalue weighted by molar-refractivity contribution is -0.185. The maximum atomic E-state index is 14.3. The van der Waals surface area contributed by atoms with E-state index in [4.69, 9.17) is 0 Å². The van der Waals surface area contributed by atoms with Crippen molar-refractivity contribution in [1.82, 2.24) is 0 Å². The first-order valence-corrected chi connectivity index (χ1v) is 9.08. The van der Waals surface area contributed by atoms with Gasteiger partial charge in [0, 0.05) is 12.1 Å². The van der Waals surface area contributed by atoms with Gasteiger partial charge in [0.15, 0.2) is 17.4 Å². The van der Waals surface area contributed by atoms with Crippen LogP contribution in [0.25, 0.3) is 0 Å². The molecule has 0 unspecified atom stereocenters. The highest BCUT2D eigenvalue weighted by atomic mass is 19.4. The van der Waals surface area contributed by atoms with Crippen LogP contribution in [0.4, 0.5) is 30.7 Å². The van der Waals surface area contributed by atoms with Crippen LogP contribution in [0.15, 0.2) is 48.7 Å². The van der Waals surface area contributed by atoms with Crippen molar-refractivity contribution in [1.29, 1.82) is 0 Å². The first-order chi connectivity index (χ1) is 14.0. The number of allylic oxidation sites excluding steroid dienone is 1. The molecule has 9 heteroatoms. The van der Waals surface area contributed by atoms with Crippen LogP contribution in [0.1, 0.15) is 37.3 Å². The van der Waals surface area contributed by atoms with Crippen LogP contribution in [0.2, 0.25) is 0 Å². The zero-order valence-corrected chi connectivity index (χ0v) is 15.9. The molecule has 0 bridgehead atoms. The minimum atomic E-state index is -4.75. The van der Waals surface area contributed by atoms with Crippen LogP contribution in [-0.2, 0) is 12.5 Å². The molecule has 0 spiro atoms. The Bertz CT molecular complexity index is 836. The summed E-state index contributed by atoms with van der Waals surface area (Å²) in [4.78, 5) is 0. The fourth-order valence-corrected chi connectivity index (χ4v) is 2.54. The molecule has 0 saturated heterocycles. The van der Waals surface area contributed by atoms with Gasteiger partial charge in [-0.1, -0.05) is 31.9 Å². The first-order valence-electron chi connectivity index (χ1n) is 9.08. The highest BCUT2D eigenvalue weighted by Crippen LogP contribution is 2.35. The minimum Gasteiger partial charge on any atom is -0.459 e. The number of ether oxygens (including phenoxy) is 2. The van der Waals surface area contributed by atoms with Gasteiger partial charge in [0.25, 0.3) is 0 Å². The summed E-state index contributed by atoms with van der Waals surface area (Å²) in [6, 6.07) is 6.15. The molecule has 0 N–H and O–H groups in total. The Balaban J connectivity index is 2.11. The van der Waals surface area contributed by atoms with Gasteiger partial charge < -0.3 is 9.47 Å². The van der Waals surface area contributed by atoms with Crippen LogP contribution in [0.3, 0.4) is 0 Å². The van der Waals surface area contributed by atoms with E-state index in [0.717, 1.165) is 43.4 Å². The largest absolute Gasteiger partial charge is 0.459 e. The summed E-state index contributed by atoms with van der Waals surface area (Å²) in [5.41, 5.74) is 0.351.